The third-order valence-corrected chi connectivity index (χ3v) is 3.87. The molecule has 2 aromatic carbocycles. The van der Waals surface area contributed by atoms with Crippen molar-refractivity contribution >= 4 is 23.3 Å². The molecule has 0 N–H and O–H groups in total. The molecule has 0 aliphatic heterocycles. The quantitative estimate of drug-likeness (QED) is 0.586. The monoisotopic (exact) mass is 318 g/mol. The molecule has 23 heavy (non-hydrogen) atoms. The summed E-state index contributed by atoms with van der Waals surface area (Å²) in [6, 6.07) is 21.8. The smallest absolute Gasteiger partial charge is 0.0998 e. The minimum Gasteiger partial charge on any atom is -0.321 e. The van der Waals surface area contributed by atoms with E-state index >= 15 is 0 Å². The molecule has 0 aliphatic rings. The Hall–Kier alpha value is -2.76. The summed E-state index contributed by atoms with van der Waals surface area (Å²) in [7, 11) is 0. The van der Waals surface area contributed by atoms with Crippen molar-refractivity contribution in [3.8, 4) is 11.8 Å². The van der Waals surface area contributed by atoms with Crippen LogP contribution in [0.25, 0.3) is 17.3 Å². The second-order valence-electron chi connectivity index (χ2n) is 5.30. The van der Waals surface area contributed by atoms with Gasteiger partial charge in [-0.3, -0.25) is 0 Å². The summed E-state index contributed by atoms with van der Waals surface area (Å²) in [6.45, 7) is 2.05. The molecule has 0 bridgehead atoms. The molecule has 1 aromatic heterocycles. The standard InChI is InChI=1S/C20H15ClN2/c1-15-10-16(14-23(15)20-8-3-2-4-9-20)11-18(13-22)17-6-5-7-19(21)12-17/h2-12,14H,1H3/b18-11+. The maximum Gasteiger partial charge on any atom is 0.0998 e. The Morgan fingerprint density at radius 1 is 1.09 bits per heavy atom. The number of allylic oxidation sites excluding steroid dienone is 1. The van der Waals surface area contributed by atoms with E-state index in [1.807, 2.05) is 42.6 Å². The van der Waals surface area contributed by atoms with Crippen molar-refractivity contribution in [3.05, 3.63) is 88.7 Å². The zero-order chi connectivity index (χ0) is 16.2. The van der Waals surface area contributed by atoms with Gasteiger partial charge in [0.1, 0.15) is 0 Å². The largest absolute Gasteiger partial charge is 0.321 e. The van der Waals surface area contributed by atoms with Gasteiger partial charge in [0.2, 0.25) is 0 Å². The van der Waals surface area contributed by atoms with E-state index in [0.717, 1.165) is 22.5 Å². The van der Waals surface area contributed by atoms with Crippen molar-refractivity contribution in [1.29, 1.82) is 5.26 Å². The molecule has 1 heterocycles. The predicted molar refractivity (Wildman–Crippen MR) is 95.4 cm³/mol. The fourth-order valence-electron chi connectivity index (χ4n) is 2.55. The lowest BCUT2D eigenvalue weighted by Gasteiger charge is -2.04. The first-order valence-corrected chi connectivity index (χ1v) is 7.67. The van der Waals surface area contributed by atoms with Gasteiger partial charge in [-0.2, -0.15) is 5.26 Å². The molecule has 2 nitrogen and oxygen atoms in total. The molecule has 3 heteroatoms. The topological polar surface area (TPSA) is 28.7 Å². The summed E-state index contributed by atoms with van der Waals surface area (Å²) < 4.78 is 2.11. The minimum absolute atomic E-state index is 0.595. The molecular formula is C20H15ClN2. The first-order valence-electron chi connectivity index (χ1n) is 7.29. The van der Waals surface area contributed by atoms with Crippen LogP contribution in [0.15, 0.2) is 66.9 Å². The first kappa shape index (κ1) is 15.1. The van der Waals surface area contributed by atoms with Crippen LogP contribution in [0.1, 0.15) is 16.8 Å². The van der Waals surface area contributed by atoms with Gasteiger partial charge >= 0.3 is 0 Å². The molecule has 0 radical (unpaired) electrons. The third kappa shape index (κ3) is 3.36. The molecule has 3 rings (SSSR count). The van der Waals surface area contributed by atoms with Crippen LogP contribution in [0.2, 0.25) is 5.02 Å². The second kappa shape index (κ2) is 6.56. The van der Waals surface area contributed by atoms with Crippen LogP contribution in [0.3, 0.4) is 0 Å². The molecular weight excluding hydrogens is 304 g/mol. The molecule has 0 unspecified atom stereocenters. The van der Waals surface area contributed by atoms with Crippen LogP contribution >= 0.6 is 11.6 Å². The average molecular weight is 319 g/mol. The van der Waals surface area contributed by atoms with Crippen LogP contribution in [0.5, 0.6) is 0 Å². The van der Waals surface area contributed by atoms with Crippen molar-refractivity contribution in [3.63, 3.8) is 0 Å². The first-order chi connectivity index (χ1) is 11.2. The van der Waals surface area contributed by atoms with E-state index in [1.165, 1.54) is 0 Å². The van der Waals surface area contributed by atoms with E-state index < -0.39 is 0 Å². The van der Waals surface area contributed by atoms with Gasteiger partial charge in [0, 0.05) is 22.6 Å². The number of aromatic nitrogens is 1. The number of aryl methyl sites for hydroxylation is 1. The van der Waals surface area contributed by atoms with E-state index in [4.69, 9.17) is 11.6 Å². The fourth-order valence-corrected chi connectivity index (χ4v) is 2.74. The zero-order valence-corrected chi connectivity index (χ0v) is 13.5. The average Bonchev–Trinajstić information content (AvgIpc) is 2.94. The van der Waals surface area contributed by atoms with Gasteiger partial charge in [-0.1, -0.05) is 41.9 Å². The van der Waals surface area contributed by atoms with Crippen molar-refractivity contribution in [2.75, 3.05) is 0 Å². The maximum absolute atomic E-state index is 9.46. The highest BCUT2D eigenvalue weighted by Crippen LogP contribution is 2.23. The number of nitrogens with zero attached hydrogens (tertiary/aromatic N) is 2. The number of benzene rings is 2. The highest BCUT2D eigenvalue weighted by atomic mass is 35.5. The Bertz CT molecular complexity index is 899. The van der Waals surface area contributed by atoms with Crippen molar-refractivity contribution in [1.82, 2.24) is 4.57 Å². The second-order valence-corrected chi connectivity index (χ2v) is 5.74. The van der Waals surface area contributed by atoms with Crippen molar-refractivity contribution in [2.24, 2.45) is 0 Å². The van der Waals surface area contributed by atoms with Crippen molar-refractivity contribution in [2.45, 2.75) is 6.92 Å². The van der Waals surface area contributed by atoms with Gasteiger partial charge in [-0.05, 0) is 54.5 Å². The lowest BCUT2D eigenvalue weighted by molar-refractivity contribution is 1.02. The zero-order valence-electron chi connectivity index (χ0n) is 12.7. The molecule has 0 saturated carbocycles. The van der Waals surface area contributed by atoms with Gasteiger partial charge in [0.15, 0.2) is 0 Å². The summed E-state index contributed by atoms with van der Waals surface area (Å²) in [5, 5.41) is 10.1. The molecule has 0 saturated heterocycles. The van der Waals surface area contributed by atoms with Crippen LogP contribution in [-0.4, -0.2) is 4.57 Å². The summed E-state index contributed by atoms with van der Waals surface area (Å²) in [6.07, 6.45) is 3.92. The van der Waals surface area contributed by atoms with Gasteiger partial charge in [-0.15, -0.1) is 0 Å². The fraction of sp³-hybridized carbons (Fsp3) is 0.0500. The molecule has 0 fully saturated rings. The highest BCUT2D eigenvalue weighted by Gasteiger charge is 2.06. The van der Waals surface area contributed by atoms with Crippen LogP contribution < -0.4 is 0 Å². The lowest BCUT2D eigenvalue weighted by atomic mass is 10.1. The van der Waals surface area contributed by atoms with Gasteiger partial charge in [0.05, 0.1) is 11.6 Å². The molecule has 0 spiro atoms. The van der Waals surface area contributed by atoms with Crippen molar-refractivity contribution < 1.29 is 0 Å². The molecule has 3 aromatic rings. The maximum atomic E-state index is 9.46. The number of nitriles is 1. The summed E-state index contributed by atoms with van der Waals surface area (Å²) in [5.41, 5.74) is 4.63. The molecule has 112 valence electrons. The molecule has 0 aliphatic carbocycles. The van der Waals surface area contributed by atoms with Gasteiger partial charge < -0.3 is 4.57 Å². The van der Waals surface area contributed by atoms with Crippen LogP contribution in [0.4, 0.5) is 0 Å². The summed E-state index contributed by atoms with van der Waals surface area (Å²) in [5.74, 6) is 0. The predicted octanol–water partition coefficient (Wildman–Crippen LogP) is 5.50. The number of rotatable bonds is 3. The minimum atomic E-state index is 0.595. The normalized spacial score (nSPS) is 11.3. The lowest BCUT2D eigenvalue weighted by Crippen LogP contribution is -1.92. The Morgan fingerprint density at radius 2 is 1.87 bits per heavy atom. The SMILES string of the molecule is Cc1cc(/C=C(\C#N)c2cccc(Cl)c2)cn1-c1ccccc1. The Kier molecular flexibility index (Phi) is 4.32. The number of hydrogen-bond acceptors (Lipinski definition) is 1. The van der Waals surface area contributed by atoms with Crippen LogP contribution in [0, 0.1) is 18.3 Å². The molecule has 0 atom stereocenters. The third-order valence-electron chi connectivity index (χ3n) is 3.64. The van der Waals surface area contributed by atoms with E-state index in [1.54, 1.807) is 12.1 Å². The van der Waals surface area contributed by atoms with Gasteiger partial charge in [-0.25, -0.2) is 0 Å². The number of halogens is 1. The van der Waals surface area contributed by atoms with Crippen LogP contribution in [-0.2, 0) is 0 Å². The van der Waals surface area contributed by atoms with E-state index in [-0.39, 0.29) is 0 Å². The van der Waals surface area contributed by atoms with E-state index in [2.05, 4.69) is 35.8 Å². The van der Waals surface area contributed by atoms with E-state index in [9.17, 15) is 5.26 Å². The molecule has 0 amide bonds. The summed E-state index contributed by atoms with van der Waals surface area (Å²) in [4.78, 5) is 0. The number of hydrogen-bond donors (Lipinski definition) is 0. The van der Waals surface area contributed by atoms with E-state index in [0.29, 0.717) is 10.6 Å². The number of para-hydroxylation sites is 1. The Labute approximate surface area is 140 Å². The van der Waals surface area contributed by atoms with Gasteiger partial charge in [0.25, 0.3) is 0 Å². The Morgan fingerprint density at radius 3 is 2.57 bits per heavy atom. The Balaban J connectivity index is 2.01. The highest BCUT2D eigenvalue weighted by molar-refractivity contribution is 6.30. The summed E-state index contributed by atoms with van der Waals surface area (Å²) >= 11 is 6.02.